The van der Waals surface area contributed by atoms with Gasteiger partial charge in [0.2, 0.25) is 11.8 Å². The van der Waals surface area contributed by atoms with Crippen molar-refractivity contribution in [3.05, 3.63) is 0 Å². The molecule has 0 spiro atoms. The molecule has 20 heavy (non-hydrogen) atoms. The van der Waals surface area contributed by atoms with Gasteiger partial charge >= 0.3 is 0 Å². The maximum atomic E-state index is 12.9. The molecule has 114 valence electrons. The molecule has 2 unspecified atom stereocenters. The van der Waals surface area contributed by atoms with Crippen molar-refractivity contribution >= 4 is 11.8 Å². The van der Waals surface area contributed by atoms with Gasteiger partial charge in [0.25, 0.3) is 0 Å². The molecule has 4 nitrogen and oxygen atoms in total. The van der Waals surface area contributed by atoms with Gasteiger partial charge in [-0.15, -0.1) is 0 Å². The van der Waals surface area contributed by atoms with Crippen molar-refractivity contribution < 1.29 is 9.59 Å². The van der Waals surface area contributed by atoms with Crippen LogP contribution >= 0.6 is 0 Å². The van der Waals surface area contributed by atoms with Crippen molar-refractivity contribution in [1.29, 1.82) is 0 Å². The van der Waals surface area contributed by atoms with E-state index in [0.29, 0.717) is 0 Å². The predicted molar refractivity (Wildman–Crippen MR) is 79.1 cm³/mol. The average Bonchev–Trinajstić information content (AvgIpc) is 2.31. The fourth-order valence-electron chi connectivity index (χ4n) is 3.64. The first-order chi connectivity index (χ1) is 9.34. The van der Waals surface area contributed by atoms with Gasteiger partial charge in [0.1, 0.15) is 12.1 Å². The van der Waals surface area contributed by atoms with E-state index in [9.17, 15) is 9.59 Å². The van der Waals surface area contributed by atoms with Gasteiger partial charge in [-0.25, -0.2) is 0 Å². The minimum absolute atomic E-state index is 0.0259. The Morgan fingerprint density at radius 2 is 1.80 bits per heavy atom. The number of nitrogens with zero attached hydrogens (tertiary/aromatic N) is 1. The number of nitrogens with one attached hydrogen (secondary N) is 1. The summed E-state index contributed by atoms with van der Waals surface area (Å²) in [5.41, 5.74) is -0.0725. The smallest absolute Gasteiger partial charge is 0.246 e. The molecule has 1 heterocycles. The summed E-state index contributed by atoms with van der Waals surface area (Å²) < 4.78 is 0. The normalized spacial score (nSPS) is 29.6. The van der Waals surface area contributed by atoms with Crippen LogP contribution in [0.5, 0.6) is 0 Å². The third kappa shape index (κ3) is 2.23. The standard InChI is InChI=1S/C16H28N2O2/c1-6-16(8-7-9-16)18-13(11(4)5)14(19)17-12(10(2)3)15(18)20/h10-13H,6-9H2,1-5H3,(H,17,19). The zero-order chi connectivity index (χ0) is 15.1. The van der Waals surface area contributed by atoms with Crippen molar-refractivity contribution in [3.8, 4) is 0 Å². The molecule has 4 heteroatoms. The Kier molecular flexibility index (Phi) is 4.12. The molecule has 1 saturated heterocycles. The van der Waals surface area contributed by atoms with Crippen molar-refractivity contribution in [2.45, 2.75) is 77.9 Å². The number of amides is 2. The molecule has 2 fully saturated rings. The predicted octanol–water partition coefficient (Wildman–Crippen LogP) is 2.33. The molecule has 0 aromatic heterocycles. The third-order valence-electron chi connectivity index (χ3n) is 5.10. The minimum Gasteiger partial charge on any atom is -0.342 e. The van der Waals surface area contributed by atoms with Crippen molar-refractivity contribution in [1.82, 2.24) is 10.2 Å². The van der Waals surface area contributed by atoms with E-state index in [1.165, 1.54) is 0 Å². The Morgan fingerprint density at radius 3 is 2.15 bits per heavy atom. The first-order valence-corrected chi connectivity index (χ1v) is 7.97. The van der Waals surface area contributed by atoms with Crippen LogP contribution in [0.4, 0.5) is 0 Å². The molecule has 0 aromatic carbocycles. The van der Waals surface area contributed by atoms with E-state index in [1.54, 1.807) is 0 Å². The number of hydrogen-bond donors (Lipinski definition) is 1. The molecule has 2 atom stereocenters. The van der Waals surface area contributed by atoms with Gasteiger partial charge in [-0.1, -0.05) is 34.6 Å². The Labute approximate surface area is 122 Å². The first-order valence-electron chi connectivity index (χ1n) is 7.97. The van der Waals surface area contributed by atoms with E-state index in [0.717, 1.165) is 25.7 Å². The molecule has 2 amide bonds. The van der Waals surface area contributed by atoms with Crippen molar-refractivity contribution in [2.75, 3.05) is 0 Å². The second-order valence-corrected chi connectivity index (χ2v) is 7.06. The Balaban J connectivity index is 2.39. The molecule has 1 aliphatic carbocycles. The van der Waals surface area contributed by atoms with Crippen LogP contribution in [0, 0.1) is 11.8 Å². The second kappa shape index (κ2) is 5.38. The maximum Gasteiger partial charge on any atom is 0.246 e. The van der Waals surface area contributed by atoms with Crippen LogP contribution in [-0.4, -0.2) is 34.3 Å². The van der Waals surface area contributed by atoms with Crippen LogP contribution in [0.25, 0.3) is 0 Å². The highest BCUT2D eigenvalue weighted by molar-refractivity contribution is 5.97. The van der Waals surface area contributed by atoms with Gasteiger partial charge in [0.15, 0.2) is 0 Å². The summed E-state index contributed by atoms with van der Waals surface area (Å²) in [6.45, 7) is 10.2. The molecular weight excluding hydrogens is 252 g/mol. The molecule has 1 saturated carbocycles. The maximum absolute atomic E-state index is 12.9. The van der Waals surface area contributed by atoms with Gasteiger partial charge in [-0.3, -0.25) is 9.59 Å². The van der Waals surface area contributed by atoms with E-state index in [2.05, 4.69) is 12.2 Å². The SMILES string of the molecule is CCC1(N2C(=O)C(C(C)C)NC(=O)C2C(C)C)CCC1. The lowest BCUT2D eigenvalue weighted by Gasteiger charge is -2.56. The lowest BCUT2D eigenvalue weighted by molar-refractivity contribution is -0.166. The molecule has 2 rings (SSSR count). The third-order valence-corrected chi connectivity index (χ3v) is 5.10. The summed E-state index contributed by atoms with van der Waals surface area (Å²) in [6, 6.07) is -0.667. The van der Waals surface area contributed by atoms with Crippen LogP contribution in [0.15, 0.2) is 0 Å². The number of carbonyl (C=O) groups is 2. The highest BCUT2D eigenvalue weighted by atomic mass is 16.2. The van der Waals surface area contributed by atoms with E-state index >= 15 is 0 Å². The molecule has 0 radical (unpaired) electrons. The van der Waals surface area contributed by atoms with E-state index in [-0.39, 0.29) is 41.3 Å². The quantitative estimate of drug-likeness (QED) is 0.859. The molecule has 0 bridgehead atoms. The molecule has 1 aliphatic heterocycles. The second-order valence-electron chi connectivity index (χ2n) is 7.06. The van der Waals surface area contributed by atoms with Crippen LogP contribution in [0.3, 0.4) is 0 Å². The Bertz CT molecular complexity index is 394. The van der Waals surface area contributed by atoms with Gasteiger partial charge in [-0.05, 0) is 37.5 Å². The number of rotatable bonds is 4. The summed E-state index contributed by atoms with van der Waals surface area (Å²) in [7, 11) is 0. The van der Waals surface area contributed by atoms with Crippen LogP contribution < -0.4 is 5.32 Å². The van der Waals surface area contributed by atoms with Crippen LogP contribution in [-0.2, 0) is 9.59 Å². The van der Waals surface area contributed by atoms with Crippen LogP contribution in [0.2, 0.25) is 0 Å². The Morgan fingerprint density at radius 1 is 1.20 bits per heavy atom. The van der Waals surface area contributed by atoms with Crippen molar-refractivity contribution in [2.24, 2.45) is 11.8 Å². The van der Waals surface area contributed by atoms with Crippen molar-refractivity contribution in [3.63, 3.8) is 0 Å². The van der Waals surface area contributed by atoms with E-state index in [1.807, 2.05) is 32.6 Å². The summed E-state index contributed by atoms with van der Waals surface area (Å²) in [5.74, 6) is 0.435. The van der Waals surface area contributed by atoms with Crippen LogP contribution in [0.1, 0.15) is 60.3 Å². The summed E-state index contributed by atoms with van der Waals surface area (Å²) >= 11 is 0. The van der Waals surface area contributed by atoms with E-state index < -0.39 is 0 Å². The number of carbonyl (C=O) groups excluding carboxylic acids is 2. The largest absolute Gasteiger partial charge is 0.342 e. The lowest BCUT2D eigenvalue weighted by Crippen LogP contribution is -2.73. The van der Waals surface area contributed by atoms with Gasteiger partial charge in [0, 0.05) is 5.54 Å². The first kappa shape index (κ1) is 15.3. The number of hydrogen-bond acceptors (Lipinski definition) is 2. The zero-order valence-electron chi connectivity index (χ0n) is 13.4. The van der Waals surface area contributed by atoms with E-state index in [4.69, 9.17) is 0 Å². The van der Waals surface area contributed by atoms with Gasteiger partial charge < -0.3 is 10.2 Å². The highest BCUT2D eigenvalue weighted by Crippen LogP contribution is 2.44. The topological polar surface area (TPSA) is 49.4 Å². The summed E-state index contributed by atoms with van der Waals surface area (Å²) in [6.07, 6.45) is 4.18. The fraction of sp³-hybridized carbons (Fsp3) is 0.875. The summed E-state index contributed by atoms with van der Waals surface area (Å²) in [5, 5.41) is 2.94. The summed E-state index contributed by atoms with van der Waals surface area (Å²) in [4.78, 5) is 27.4. The van der Waals surface area contributed by atoms with Gasteiger partial charge in [-0.2, -0.15) is 0 Å². The monoisotopic (exact) mass is 280 g/mol. The minimum atomic E-state index is -0.360. The Hall–Kier alpha value is -1.06. The highest BCUT2D eigenvalue weighted by Gasteiger charge is 2.53. The molecule has 0 aromatic rings. The molecule has 1 N–H and O–H groups in total. The lowest BCUT2D eigenvalue weighted by atomic mass is 9.71. The zero-order valence-corrected chi connectivity index (χ0v) is 13.4. The molecular formula is C16H28N2O2. The average molecular weight is 280 g/mol. The van der Waals surface area contributed by atoms with Gasteiger partial charge in [0.05, 0.1) is 0 Å². The number of piperazine rings is 1. The fourth-order valence-corrected chi connectivity index (χ4v) is 3.64. The molecule has 2 aliphatic rings.